The number of hydrogen-bond acceptors (Lipinski definition) is 4. The van der Waals surface area contributed by atoms with Crippen LogP contribution in [0.3, 0.4) is 0 Å². The summed E-state index contributed by atoms with van der Waals surface area (Å²) < 4.78 is 0. The van der Waals surface area contributed by atoms with Gasteiger partial charge >= 0.3 is 0 Å². The lowest BCUT2D eigenvalue weighted by Crippen LogP contribution is -2.21. The molecule has 0 fully saturated rings. The fourth-order valence-corrected chi connectivity index (χ4v) is 3.11. The predicted molar refractivity (Wildman–Crippen MR) is 102 cm³/mol. The van der Waals surface area contributed by atoms with Gasteiger partial charge in [0.2, 0.25) is 0 Å². The highest BCUT2D eigenvalue weighted by Crippen LogP contribution is 2.33. The molecule has 128 valence electrons. The number of benzene rings is 2. The number of nitrogens with one attached hydrogen (secondary N) is 1. The zero-order chi connectivity index (χ0) is 18.1. The fraction of sp³-hybridized carbons (Fsp3) is 0.200. The van der Waals surface area contributed by atoms with Crippen molar-refractivity contribution in [2.45, 2.75) is 23.6 Å². The Morgan fingerprint density at radius 1 is 1.12 bits per heavy atom. The van der Waals surface area contributed by atoms with Crippen LogP contribution in [0.1, 0.15) is 13.8 Å². The van der Waals surface area contributed by atoms with Crippen LogP contribution in [0.2, 0.25) is 0 Å². The Bertz CT molecular complexity index is 777. The van der Waals surface area contributed by atoms with E-state index in [1.165, 1.54) is 0 Å². The summed E-state index contributed by atoms with van der Waals surface area (Å²) in [6, 6.07) is 19.5. The molecule has 2 aromatic rings. The minimum absolute atomic E-state index is 0.100. The zero-order valence-electron chi connectivity index (χ0n) is 14.4. The van der Waals surface area contributed by atoms with E-state index in [-0.39, 0.29) is 5.57 Å². The Balaban J connectivity index is 2.19. The summed E-state index contributed by atoms with van der Waals surface area (Å²) in [4.78, 5) is 16.4. The van der Waals surface area contributed by atoms with Crippen molar-refractivity contribution in [1.82, 2.24) is 4.90 Å². The number of carbonyl (C=O) groups excluding carboxylic acids is 1. The molecule has 2 aromatic carbocycles. The molecular formula is C20H21N3OS. The minimum Gasteiger partial charge on any atom is -0.377 e. The summed E-state index contributed by atoms with van der Waals surface area (Å²) in [5.74, 6) is -0.393. The summed E-state index contributed by atoms with van der Waals surface area (Å²) >= 11 is 1.57. The van der Waals surface area contributed by atoms with E-state index in [4.69, 9.17) is 0 Å². The molecule has 0 saturated heterocycles. The topological polar surface area (TPSA) is 56.1 Å². The van der Waals surface area contributed by atoms with Crippen LogP contribution in [0, 0.1) is 11.3 Å². The first-order valence-electron chi connectivity index (χ1n) is 8.17. The Labute approximate surface area is 153 Å². The molecule has 25 heavy (non-hydrogen) atoms. The van der Waals surface area contributed by atoms with Gasteiger partial charge in [-0.15, -0.1) is 0 Å². The van der Waals surface area contributed by atoms with Crippen molar-refractivity contribution in [3.63, 3.8) is 0 Å². The van der Waals surface area contributed by atoms with Crippen LogP contribution in [0.25, 0.3) is 0 Å². The van der Waals surface area contributed by atoms with E-state index in [0.717, 1.165) is 22.9 Å². The van der Waals surface area contributed by atoms with Gasteiger partial charge in [0.05, 0.1) is 5.69 Å². The predicted octanol–water partition coefficient (Wildman–Crippen LogP) is 4.53. The van der Waals surface area contributed by atoms with E-state index in [2.05, 4.69) is 5.32 Å². The molecule has 0 bridgehead atoms. The Hall–Kier alpha value is -2.71. The number of amides is 1. The molecule has 0 aliphatic heterocycles. The number of nitrogens with zero attached hydrogens (tertiary/aromatic N) is 2. The molecular weight excluding hydrogens is 330 g/mol. The number of rotatable bonds is 7. The third-order valence-electron chi connectivity index (χ3n) is 3.60. The van der Waals surface area contributed by atoms with Gasteiger partial charge < -0.3 is 10.2 Å². The molecule has 0 radical (unpaired) electrons. The van der Waals surface area contributed by atoms with Gasteiger partial charge in [-0.3, -0.25) is 4.79 Å². The summed E-state index contributed by atoms with van der Waals surface area (Å²) in [6.45, 7) is 5.46. The maximum absolute atomic E-state index is 12.5. The van der Waals surface area contributed by atoms with Crippen molar-refractivity contribution in [2.75, 3.05) is 18.4 Å². The first-order valence-corrected chi connectivity index (χ1v) is 8.98. The van der Waals surface area contributed by atoms with Crippen LogP contribution in [-0.4, -0.2) is 23.9 Å². The standard InChI is InChI=1S/C20H21N3OS/c1-3-23(4-2)15-16(14-21)20(24)22-18-12-8-9-13-19(18)25-17-10-6-5-7-11-17/h5-13,15H,3-4H2,1-2H3,(H,22,24)/b16-15-. The van der Waals surface area contributed by atoms with Crippen molar-refractivity contribution in [3.8, 4) is 6.07 Å². The first kappa shape index (κ1) is 18.6. The van der Waals surface area contributed by atoms with Crippen LogP contribution in [-0.2, 0) is 4.79 Å². The average Bonchev–Trinajstić information content (AvgIpc) is 2.65. The van der Waals surface area contributed by atoms with Gasteiger partial charge in [0.15, 0.2) is 0 Å². The second-order valence-electron chi connectivity index (χ2n) is 5.24. The Kier molecular flexibility index (Phi) is 7.12. The monoisotopic (exact) mass is 351 g/mol. The maximum atomic E-state index is 12.5. The quantitative estimate of drug-likeness (QED) is 0.588. The molecule has 0 aromatic heterocycles. The summed E-state index contributed by atoms with van der Waals surface area (Å²) in [5, 5.41) is 12.2. The van der Waals surface area contributed by atoms with Crippen LogP contribution in [0.5, 0.6) is 0 Å². The van der Waals surface area contributed by atoms with Crippen LogP contribution >= 0.6 is 11.8 Å². The summed E-state index contributed by atoms with van der Waals surface area (Å²) in [6.07, 6.45) is 1.61. The number of nitriles is 1. The van der Waals surface area contributed by atoms with E-state index >= 15 is 0 Å². The number of carbonyl (C=O) groups is 1. The largest absolute Gasteiger partial charge is 0.377 e. The van der Waals surface area contributed by atoms with Crippen molar-refractivity contribution < 1.29 is 4.79 Å². The maximum Gasteiger partial charge on any atom is 0.267 e. The lowest BCUT2D eigenvalue weighted by molar-refractivity contribution is -0.112. The average molecular weight is 351 g/mol. The normalized spacial score (nSPS) is 10.8. The molecule has 5 heteroatoms. The molecule has 1 N–H and O–H groups in total. The summed E-state index contributed by atoms with van der Waals surface area (Å²) in [7, 11) is 0. The van der Waals surface area contributed by atoms with Crippen molar-refractivity contribution in [2.24, 2.45) is 0 Å². The second-order valence-corrected chi connectivity index (χ2v) is 6.36. The zero-order valence-corrected chi connectivity index (χ0v) is 15.2. The molecule has 0 saturated carbocycles. The first-order chi connectivity index (χ1) is 12.2. The van der Waals surface area contributed by atoms with Crippen LogP contribution in [0.15, 0.2) is 76.2 Å². The third kappa shape index (κ3) is 5.40. The van der Waals surface area contributed by atoms with Gasteiger partial charge in [-0.1, -0.05) is 42.1 Å². The van der Waals surface area contributed by atoms with Gasteiger partial charge in [-0.05, 0) is 38.1 Å². The minimum atomic E-state index is -0.393. The van der Waals surface area contributed by atoms with Crippen molar-refractivity contribution in [3.05, 3.63) is 66.4 Å². The van der Waals surface area contributed by atoms with Crippen molar-refractivity contribution >= 4 is 23.4 Å². The highest BCUT2D eigenvalue weighted by Gasteiger charge is 2.13. The highest BCUT2D eigenvalue weighted by molar-refractivity contribution is 7.99. The Morgan fingerprint density at radius 3 is 2.40 bits per heavy atom. The van der Waals surface area contributed by atoms with Gasteiger partial charge in [-0.2, -0.15) is 5.26 Å². The molecule has 1 amide bonds. The molecule has 4 nitrogen and oxygen atoms in total. The fourth-order valence-electron chi connectivity index (χ4n) is 2.19. The van der Waals surface area contributed by atoms with Crippen molar-refractivity contribution in [1.29, 1.82) is 5.26 Å². The van der Waals surface area contributed by atoms with E-state index < -0.39 is 5.91 Å². The number of anilines is 1. The van der Waals surface area contributed by atoms with E-state index in [9.17, 15) is 10.1 Å². The molecule has 0 heterocycles. The van der Waals surface area contributed by atoms with Crippen LogP contribution in [0.4, 0.5) is 5.69 Å². The molecule has 2 rings (SSSR count). The molecule has 0 aliphatic carbocycles. The SMILES string of the molecule is CCN(/C=C(/C#N)C(=O)Nc1ccccc1Sc1ccccc1)CC. The Morgan fingerprint density at radius 2 is 1.76 bits per heavy atom. The van der Waals surface area contributed by atoms with Gasteiger partial charge in [0.1, 0.15) is 11.6 Å². The molecule has 0 spiro atoms. The van der Waals surface area contributed by atoms with E-state index in [0.29, 0.717) is 5.69 Å². The van der Waals surface area contributed by atoms with Gasteiger partial charge in [-0.25, -0.2) is 0 Å². The van der Waals surface area contributed by atoms with Gasteiger partial charge in [0.25, 0.3) is 5.91 Å². The van der Waals surface area contributed by atoms with E-state index in [1.54, 1.807) is 18.0 Å². The molecule has 0 aliphatic rings. The lowest BCUT2D eigenvalue weighted by Gasteiger charge is -2.16. The number of hydrogen-bond donors (Lipinski definition) is 1. The molecule has 0 unspecified atom stereocenters. The lowest BCUT2D eigenvalue weighted by atomic mass is 10.2. The molecule has 0 atom stereocenters. The highest BCUT2D eigenvalue weighted by atomic mass is 32.2. The second kappa shape index (κ2) is 9.55. The number of para-hydroxylation sites is 1. The third-order valence-corrected chi connectivity index (χ3v) is 4.68. The van der Waals surface area contributed by atoms with Crippen LogP contribution < -0.4 is 5.32 Å². The van der Waals surface area contributed by atoms with Gasteiger partial charge in [0, 0.05) is 29.1 Å². The smallest absolute Gasteiger partial charge is 0.267 e. The summed E-state index contributed by atoms with van der Waals surface area (Å²) in [5.41, 5.74) is 0.797. The van der Waals surface area contributed by atoms with E-state index in [1.807, 2.05) is 79.4 Å².